The van der Waals surface area contributed by atoms with Crippen LogP contribution >= 0.6 is 22.7 Å². The molecule has 0 spiro atoms. The molecular formula is C19H20N2O2S2. The summed E-state index contributed by atoms with van der Waals surface area (Å²) in [6, 6.07) is 10.1. The van der Waals surface area contributed by atoms with E-state index >= 15 is 0 Å². The van der Waals surface area contributed by atoms with Crippen molar-refractivity contribution in [2.75, 3.05) is 6.54 Å². The first-order chi connectivity index (χ1) is 12.3. The molecule has 130 valence electrons. The molecule has 1 aliphatic heterocycles. The molecule has 0 aliphatic carbocycles. The van der Waals surface area contributed by atoms with E-state index in [-0.39, 0.29) is 11.9 Å². The first kappa shape index (κ1) is 16.5. The molecule has 0 aromatic carbocycles. The Morgan fingerprint density at radius 1 is 1.20 bits per heavy atom. The summed E-state index contributed by atoms with van der Waals surface area (Å²) in [6.07, 6.45) is 4.77. The zero-order valence-electron chi connectivity index (χ0n) is 13.9. The van der Waals surface area contributed by atoms with Gasteiger partial charge in [0.1, 0.15) is 5.69 Å². The second-order valence-electron chi connectivity index (χ2n) is 6.30. The molecule has 1 amide bonds. The van der Waals surface area contributed by atoms with Gasteiger partial charge in [0.15, 0.2) is 5.76 Å². The number of thiophene rings is 2. The van der Waals surface area contributed by atoms with Crippen LogP contribution < -0.4 is 0 Å². The Hall–Kier alpha value is -1.92. The van der Waals surface area contributed by atoms with Gasteiger partial charge in [0.2, 0.25) is 5.91 Å². The molecule has 4 nitrogen and oxygen atoms in total. The third-order valence-corrected chi connectivity index (χ3v) is 6.37. The number of carbonyl (C=O) groups is 1. The summed E-state index contributed by atoms with van der Waals surface area (Å²) in [5, 5.41) is 8.36. The van der Waals surface area contributed by atoms with Gasteiger partial charge in [-0.3, -0.25) is 4.79 Å². The summed E-state index contributed by atoms with van der Waals surface area (Å²) in [4.78, 5) is 17.1. The van der Waals surface area contributed by atoms with E-state index in [4.69, 9.17) is 4.52 Å². The van der Waals surface area contributed by atoms with Gasteiger partial charge in [0.05, 0.1) is 17.3 Å². The lowest BCUT2D eigenvalue weighted by Gasteiger charge is -2.28. The summed E-state index contributed by atoms with van der Waals surface area (Å²) < 4.78 is 5.56. The Morgan fingerprint density at radius 3 is 2.88 bits per heavy atom. The topological polar surface area (TPSA) is 46.3 Å². The van der Waals surface area contributed by atoms with Gasteiger partial charge in [-0.15, -0.1) is 22.7 Å². The van der Waals surface area contributed by atoms with Crippen molar-refractivity contribution in [1.29, 1.82) is 0 Å². The standard InChI is InChI=1S/C19H20N2O2S2/c22-19(12-14-6-4-10-24-14)21-9-3-1-2-7-16(21)15-13-17(23-20-15)18-8-5-11-25-18/h4-6,8,10-11,13,16H,1-3,7,9,12H2/t16-/m0/s1. The fraction of sp³-hybridized carbons (Fsp3) is 0.368. The molecule has 4 heterocycles. The third kappa shape index (κ3) is 3.70. The van der Waals surface area contributed by atoms with Gasteiger partial charge < -0.3 is 9.42 Å². The number of rotatable bonds is 4. The van der Waals surface area contributed by atoms with E-state index < -0.39 is 0 Å². The predicted molar refractivity (Wildman–Crippen MR) is 101 cm³/mol. The highest BCUT2D eigenvalue weighted by Crippen LogP contribution is 2.33. The van der Waals surface area contributed by atoms with Gasteiger partial charge in [-0.1, -0.05) is 30.1 Å². The number of carbonyl (C=O) groups excluding carboxylic acids is 1. The lowest BCUT2D eigenvalue weighted by atomic mass is 10.1. The Labute approximate surface area is 155 Å². The van der Waals surface area contributed by atoms with Crippen LogP contribution in [-0.2, 0) is 11.2 Å². The molecule has 1 fully saturated rings. The lowest BCUT2D eigenvalue weighted by Crippen LogP contribution is -2.35. The average molecular weight is 373 g/mol. The summed E-state index contributed by atoms with van der Waals surface area (Å²) in [7, 11) is 0. The Balaban J connectivity index is 1.57. The minimum Gasteiger partial charge on any atom is -0.355 e. The van der Waals surface area contributed by atoms with E-state index in [1.807, 2.05) is 46.0 Å². The minimum absolute atomic E-state index is 0.0208. The highest BCUT2D eigenvalue weighted by molar-refractivity contribution is 7.13. The number of amides is 1. The number of hydrogen-bond donors (Lipinski definition) is 0. The largest absolute Gasteiger partial charge is 0.355 e. The molecular weight excluding hydrogens is 352 g/mol. The van der Waals surface area contributed by atoms with Crippen molar-refractivity contribution in [3.63, 3.8) is 0 Å². The van der Waals surface area contributed by atoms with Crippen molar-refractivity contribution in [2.24, 2.45) is 0 Å². The minimum atomic E-state index is 0.0208. The van der Waals surface area contributed by atoms with Crippen LogP contribution in [0, 0.1) is 0 Å². The molecule has 0 bridgehead atoms. The van der Waals surface area contributed by atoms with E-state index in [1.165, 1.54) is 0 Å². The van der Waals surface area contributed by atoms with Crippen molar-refractivity contribution >= 4 is 28.6 Å². The van der Waals surface area contributed by atoms with E-state index in [9.17, 15) is 4.79 Å². The van der Waals surface area contributed by atoms with Crippen molar-refractivity contribution in [1.82, 2.24) is 10.1 Å². The Morgan fingerprint density at radius 2 is 2.08 bits per heavy atom. The Bertz CT molecular complexity index is 808. The van der Waals surface area contributed by atoms with Crippen molar-refractivity contribution in [3.8, 4) is 10.6 Å². The SMILES string of the molecule is O=C(Cc1cccs1)N1CCCCC[C@H]1c1cc(-c2cccs2)on1. The Kier molecular flexibility index (Phi) is 4.99. The van der Waals surface area contributed by atoms with Gasteiger partial charge >= 0.3 is 0 Å². The van der Waals surface area contributed by atoms with E-state index in [0.717, 1.165) is 53.4 Å². The molecule has 0 N–H and O–H groups in total. The number of likely N-dealkylation sites (tertiary alicyclic amines) is 1. The number of nitrogens with zero attached hydrogens (tertiary/aromatic N) is 2. The molecule has 0 radical (unpaired) electrons. The average Bonchev–Trinajstić information content (AvgIpc) is 3.35. The monoisotopic (exact) mass is 372 g/mol. The van der Waals surface area contributed by atoms with Gasteiger partial charge in [0.25, 0.3) is 0 Å². The van der Waals surface area contributed by atoms with Gasteiger partial charge in [-0.25, -0.2) is 0 Å². The van der Waals surface area contributed by atoms with Crippen LogP contribution in [0.1, 0.15) is 42.3 Å². The first-order valence-corrected chi connectivity index (χ1v) is 10.4. The second-order valence-corrected chi connectivity index (χ2v) is 8.28. The van der Waals surface area contributed by atoms with Crippen LogP contribution in [0.15, 0.2) is 45.6 Å². The number of aromatic nitrogens is 1. The fourth-order valence-electron chi connectivity index (χ4n) is 3.36. The summed E-state index contributed by atoms with van der Waals surface area (Å²) in [5.41, 5.74) is 0.879. The molecule has 0 unspecified atom stereocenters. The molecule has 3 aromatic heterocycles. The smallest absolute Gasteiger partial charge is 0.228 e. The molecule has 0 saturated carbocycles. The van der Waals surface area contributed by atoms with Crippen LogP contribution in [0.5, 0.6) is 0 Å². The van der Waals surface area contributed by atoms with Crippen LogP contribution in [0.3, 0.4) is 0 Å². The summed E-state index contributed by atoms with van der Waals surface area (Å²) in [6.45, 7) is 0.802. The molecule has 25 heavy (non-hydrogen) atoms. The fourth-order valence-corrected chi connectivity index (χ4v) is 4.73. The van der Waals surface area contributed by atoms with Crippen LogP contribution in [0.4, 0.5) is 0 Å². The molecule has 3 aromatic rings. The van der Waals surface area contributed by atoms with Crippen molar-refractivity contribution in [2.45, 2.75) is 38.1 Å². The van der Waals surface area contributed by atoms with E-state index in [1.54, 1.807) is 22.7 Å². The molecule has 1 saturated heterocycles. The van der Waals surface area contributed by atoms with Crippen molar-refractivity contribution in [3.05, 3.63) is 51.7 Å². The normalized spacial score (nSPS) is 18.2. The first-order valence-electron chi connectivity index (χ1n) is 8.63. The quantitative estimate of drug-likeness (QED) is 0.636. The molecule has 1 atom stereocenters. The van der Waals surface area contributed by atoms with E-state index in [0.29, 0.717) is 6.42 Å². The lowest BCUT2D eigenvalue weighted by molar-refractivity contribution is -0.133. The number of hydrogen-bond acceptors (Lipinski definition) is 5. The van der Waals surface area contributed by atoms with Crippen LogP contribution in [-0.4, -0.2) is 22.5 Å². The van der Waals surface area contributed by atoms with Crippen LogP contribution in [0.2, 0.25) is 0 Å². The molecule has 4 rings (SSSR count). The summed E-state index contributed by atoms with van der Waals surface area (Å²) >= 11 is 3.28. The van der Waals surface area contributed by atoms with Crippen LogP contribution in [0.25, 0.3) is 10.6 Å². The zero-order chi connectivity index (χ0) is 17.1. The predicted octanol–water partition coefficient (Wildman–Crippen LogP) is 5.15. The maximum Gasteiger partial charge on any atom is 0.228 e. The second kappa shape index (κ2) is 7.54. The van der Waals surface area contributed by atoms with Gasteiger partial charge in [0, 0.05) is 17.5 Å². The van der Waals surface area contributed by atoms with Gasteiger partial charge in [-0.05, 0) is 35.7 Å². The third-order valence-electron chi connectivity index (χ3n) is 4.61. The highest BCUT2D eigenvalue weighted by atomic mass is 32.1. The van der Waals surface area contributed by atoms with Crippen molar-refractivity contribution < 1.29 is 9.32 Å². The maximum atomic E-state index is 12.9. The zero-order valence-corrected chi connectivity index (χ0v) is 15.5. The highest BCUT2D eigenvalue weighted by Gasteiger charge is 2.29. The van der Waals surface area contributed by atoms with Gasteiger partial charge in [-0.2, -0.15) is 0 Å². The van der Waals surface area contributed by atoms with E-state index in [2.05, 4.69) is 5.16 Å². The molecule has 1 aliphatic rings. The maximum absolute atomic E-state index is 12.9. The summed E-state index contributed by atoms with van der Waals surface area (Å²) in [5.74, 6) is 0.981. The molecule has 6 heteroatoms.